The first-order valence-corrected chi connectivity index (χ1v) is 6.36. The number of nitrogens with zero attached hydrogens (tertiary/aromatic N) is 1. The van der Waals surface area contributed by atoms with Crippen LogP contribution in [0.5, 0.6) is 0 Å². The summed E-state index contributed by atoms with van der Waals surface area (Å²) in [5.74, 6) is 0.114. The number of hydroxylamine groups is 1. The van der Waals surface area contributed by atoms with Crippen molar-refractivity contribution in [3.8, 4) is 0 Å². The van der Waals surface area contributed by atoms with Gasteiger partial charge < -0.3 is 20.0 Å². The van der Waals surface area contributed by atoms with E-state index in [1.807, 2.05) is 26.3 Å². The summed E-state index contributed by atoms with van der Waals surface area (Å²) in [6.07, 6.45) is 0.580. The summed E-state index contributed by atoms with van der Waals surface area (Å²) in [5, 5.41) is 18.3. The van der Waals surface area contributed by atoms with Gasteiger partial charge in [0.25, 0.3) is 0 Å². The normalized spacial score (nSPS) is 19.7. The number of piperidine rings is 1. The highest BCUT2D eigenvalue weighted by molar-refractivity contribution is 5.68. The Morgan fingerprint density at radius 3 is 2.44 bits per heavy atom. The molecule has 1 aliphatic rings. The van der Waals surface area contributed by atoms with Gasteiger partial charge in [-0.25, -0.2) is 10.3 Å². The minimum atomic E-state index is -0.573. The Balaban J connectivity index is 2.37. The first kappa shape index (κ1) is 15.2. The zero-order valence-corrected chi connectivity index (χ0v) is 11.3. The number of aliphatic hydroxyl groups excluding tert-OH is 1. The number of carbonyl (C=O) groups excluding carboxylic acids is 1. The molecule has 0 aliphatic carbocycles. The van der Waals surface area contributed by atoms with Crippen LogP contribution in [0.15, 0.2) is 0 Å². The smallest absolute Gasteiger partial charge is 0.410 e. The lowest BCUT2D eigenvalue weighted by Gasteiger charge is -2.35. The highest BCUT2D eigenvalue weighted by Gasteiger charge is 2.29. The fourth-order valence-electron chi connectivity index (χ4n) is 2.05. The Morgan fingerprint density at radius 1 is 1.44 bits per heavy atom. The molecule has 1 atom stereocenters. The molecule has 0 bridgehead atoms. The summed E-state index contributed by atoms with van der Waals surface area (Å²) < 4.78 is 5.29. The molecule has 6 nitrogen and oxygen atoms in total. The molecule has 1 unspecified atom stereocenters. The van der Waals surface area contributed by atoms with E-state index in [0.29, 0.717) is 13.1 Å². The minimum Gasteiger partial charge on any atom is -0.444 e. The van der Waals surface area contributed by atoms with Crippen molar-refractivity contribution < 1.29 is 19.8 Å². The van der Waals surface area contributed by atoms with Crippen molar-refractivity contribution in [2.24, 2.45) is 5.92 Å². The van der Waals surface area contributed by atoms with Crippen LogP contribution in [-0.4, -0.2) is 52.6 Å². The molecule has 3 N–H and O–H groups in total. The Hall–Kier alpha value is -0.850. The lowest BCUT2D eigenvalue weighted by atomic mass is 9.91. The van der Waals surface area contributed by atoms with E-state index < -0.39 is 11.7 Å². The van der Waals surface area contributed by atoms with Crippen LogP contribution in [0, 0.1) is 5.92 Å². The Morgan fingerprint density at radius 2 is 2.00 bits per heavy atom. The Labute approximate surface area is 108 Å². The fourth-order valence-corrected chi connectivity index (χ4v) is 2.05. The van der Waals surface area contributed by atoms with Gasteiger partial charge in [0, 0.05) is 19.6 Å². The van der Waals surface area contributed by atoms with Crippen molar-refractivity contribution in [2.45, 2.75) is 45.3 Å². The van der Waals surface area contributed by atoms with Crippen LogP contribution in [0.1, 0.15) is 33.6 Å². The average Bonchev–Trinajstić information content (AvgIpc) is 2.27. The molecule has 1 fully saturated rings. The quantitative estimate of drug-likeness (QED) is 0.659. The molecule has 0 aromatic rings. The number of amides is 1. The number of rotatable bonds is 3. The molecular formula is C12H24N2O4. The van der Waals surface area contributed by atoms with E-state index in [2.05, 4.69) is 0 Å². The predicted octanol–water partition coefficient (Wildman–Crippen LogP) is 0.973. The summed E-state index contributed by atoms with van der Waals surface area (Å²) in [4.78, 5) is 13.5. The fraction of sp³-hybridized carbons (Fsp3) is 0.917. The number of nitrogens with one attached hydrogen (secondary N) is 1. The molecule has 6 heteroatoms. The monoisotopic (exact) mass is 260 g/mol. The maximum absolute atomic E-state index is 11.8. The standard InChI is InChI=1S/C12H24N2O4/c1-12(2,3)18-11(16)14-6-4-9(5-7-14)10(15)8-13-17/h9-10,13,15,17H,4-8H2,1-3H3. The van der Waals surface area contributed by atoms with Gasteiger partial charge in [0.1, 0.15) is 5.60 Å². The van der Waals surface area contributed by atoms with E-state index >= 15 is 0 Å². The number of likely N-dealkylation sites (tertiary alicyclic amines) is 1. The first-order valence-electron chi connectivity index (χ1n) is 6.36. The molecular weight excluding hydrogens is 236 g/mol. The molecule has 0 aromatic carbocycles. The predicted molar refractivity (Wildman–Crippen MR) is 66.3 cm³/mol. The van der Waals surface area contributed by atoms with E-state index in [9.17, 15) is 9.90 Å². The lowest BCUT2D eigenvalue weighted by Crippen LogP contribution is -2.45. The summed E-state index contributed by atoms with van der Waals surface area (Å²) >= 11 is 0. The van der Waals surface area contributed by atoms with E-state index in [4.69, 9.17) is 9.94 Å². The topological polar surface area (TPSA) is 82.0 Å². The summed E-state index contributed by atoms with van der Waals surface area (Å²) in [6, 6.07) is 0. The molecule has 1 rings (SSSR count). The Bertz CT molecular complexity index is 270. The molecule has 0 radical (unpaired) electrons. The SMILES string of the molecule is CC(C)(C)OC(=O)N1CCC(C(O)CNO)CC1. The molecule has 0 saturated carbocycles. The van der Waals surface area contributed by atoms with Crippen LogP contribution in [0.25, 0.3) is 0 Å². The second kappa shape index (κ2) is 6.36. The van der Waals surface area contributed by atoms with Crippen molar-refractivity contribution in [2.75, 3.05) is 19.6 Å². The van der Waals surface area contributed by atoms with Crippen molar-refractivity contribution >= 4 is 6.09 Å². The van der Waals surface area contributed by atoms with Gasteiger partial charge in [-0.15, -0.1) is 0 Å². The maximum atomic E-state index is 11.8. The van der Waals surface area contributed by atoms with Crippen molar-refractivity contribution in [1.82, 2.24) is 10.4 Å². The average molecular weight is 260 g/mol. The van der Waals surface area contributed by atoms with Gasteiger partial charge in [0.05, 0.1) is 6.10 Å². The highest BCUT2D eigenvalue weighted by Crippen LogP contribution is 2.22. The second-order valence-electron chi connectivity index (χ2n) is 5.73. The first-order chi connectivity index (χ1) is 8.33. The molecule has 18 heavy (non-hydrogen) atoms. The molecule has 1 aliphatic heterocycles. The second-order valence-corrected chi connectivity index (χ2v) is 5.73. The largest absolute Gasteiger partial charge is 0.444 e. The third-order valence-corrected chi connectivity index (χ3v) is 3.04. The lowest BCUT2D eigenvalue weighted by molar-refractivity contribution is 0.00181. The molecule has 106 valence electrons. The van der Waals surface area contributed by atoms with Crippen LogP contribution in [0.2, 0.25) is 0 Å². The molecule has 0 aromatic heterocycles. The highest BCUT2D eigenvalue weighted by atomic mass is 16.6. The van der Waals surface area contributed by atoms with Crippen molar-refractivity contribution in [3.05, 3.63) is 0 Å². The maximum Gasteiger partial charge on any atom is 0.410 e. The minimum absolute atomic E-state index is 0.114. The summed E-state index contributed by atoms with van der Waals surface area (Å²) in [7, 11) is 0. The van der Waals surface area contributed by atoms with E-state index in [1.165, 1.54) is 0 Å². The molecule has 1 amide bonds. The van der Waals surface area contributed by atoms with Crippen molar-refractivity contribution in [1.29, 1.82) is 0 Å². The third-order valence-electron chi connectivity index (χ3n) is 3.04. The Kier molecular flexibility index (Phi) is 5.37. The van der Waals surface area contributed by atoms with Crippen LogP contribution in [-0.2, 0) is 4.74 Å². The number of hydrogen-bond acceptors (Lipinski definition) is 5. The van der Waals surface area contributed by atoms with Gasteiger partial charge in [-0.3, -0.25) is 0 Å². The van der Waals surface area contributed by atoms with Crippen LogP contribution >= 0.6 is 0 Å². The van der Waals surface area contributed by atoms with E-state index in [1.54, 1.807) is 4.90 Å². The van der Waals surface area contributed by atoms with Crippen LogP contribution in [0.4, 0.5) is 4.79 Å². The molecule has 1 saturated heterocycles. The van der Waals surface area contributed by atoms with Gasteiger partial charge >= 0.3 is 6.09 Å². The number of carbonyl (C=O) groups is 1. The molecule has 0 spiro atoms. The van der Waals surface area contributed by atoms with E-state index in [-0.39, 0.29) is 18.6 Å². The number of aliphatic hydroxyl groups is 1. The number of hydrogen-bond donors (Lipinski definition) is 3. The summed E-state index contributed by atoms with van der Waals surface area (Å²) in [6.45, 7) is 6.86. The third kappa shape index (κ3) is 4.80. The molecule has 1 heterocycles. The van der Waals surface area contributed by atoms with Gasteiger partial charge in [0.2, 0.25) is 0 Å². The van der Waals surface area contributed by atoms with Gasteiger partial charge in [-0.1, -0.05) is 0 Å². The van der Waals surface area contributed by atoms with Crippen LogP contribution < -0.4 is 5.48 Å². The van der Waals surface area contributed by atoms with Crippen molar-refractivity contribution in [3.63, 3.8) is 0 Å². The van der Waals surface area contributed by atoms with Gasteiger partial charge in [-0.2, -0.15) is 0 Å². The zero-order chi connectivity index (χ0) is 13.8. The summed E-state index contributed by atoms with van der Waals surface area (Å²) in [5.41, 5.74) is 1.50. The zero-order valence-electron chi connectivity index (χ0n) is 11.3. The van der Waals surface area contributed by atoms with Gasteiger partial charge in [-0.05, 0) is 39.5 Å². The van der Waals surface area contributed by atoms with Crippen LogP contribution in [0.3, 0.4) is 0 Å². The van der Waals surface area contributed by atoms with E-state index in [0.717, 1.165) is 12.8 Å². The van der Waals surface area contributed by atoms with Gasteiger partial charge in [0.15, 0.2) is 0 Å². The number of ether oxygens (including phenoxy) is 1.